The standard InChI is InChI=1S/C21H18N4O2S/c1-2-27-14-8-9-15(18(26)10-14)19-16(11-23-21(22)25-19)17-12-28-20(24-17)13-6-4-3-5-7-13/h3-12,26H,2H2,1H3,(H2,22,23,25). The van der Waals surface area contributed by atoms with Crippen LogP contribution in [0.25, 0.3) is 33.1 Å². The largest absolute Gasteiger partial charge is 0.507 e. The van der Waals surface area contributed by atoms with Crippen LogP contribution in [-0.4, -0.2) is 26.7 Å². The van der Waals surface area contributed by atoms with Gasteiger partial charge in [-0.05, 0) is 19.1 Å². The van der Waals surface area contributed by atoms with Gasteiger partial charge in [0.1, 0.15) is 16.5 Å². The van der Waals surface area contributed by atoms with E-state index in [0.717, 1.165) is 16.3 Å². The van der Waals surface area contributed by atoms with Gasteiger partial charge in [0.2, 0.25) is 5.95 Å². The van der Waals surface area contributed by atoms with Crippen LogP contribution in [-0.2, 0) is 0 Å². The number of phenolic OH excluding ortho intramolecular Hbond substituents is 1. The zero-order valence-electron chi connectivity index (χ0n) is 15.2. The molecule has 0 aliphatic rings. The van der Waals surface area contributed by atoms with Gasteiger partial charge in [0.05, 0.1) is 18.0 Å². The highest BCUT2D eigenvalue weighted by Gasteiger charge is 2.17. The van der Waals surface area contributed by atoms with E-state index in [2.05, 4.69) is 9.97 Å². The Labute approximate surface area is 166 Å². The van der Waals surface area contributed by atoms with Gasteiger partial charge in [0.25, 0.3) is 0 Å². The van der Waals surface area contributed by atoms with E-state index in [0.29, 0.717) is 29.2 Å². The molecule has 2 heterocycles. The number of nitrogens with two attached hydrogens (primary N) is 1. The maximum absolute atomic E-state index is 10.5. The van der Waals surface area contributed by atoms with Crippen molar-refractivity contribution < 1.29 is 9.84 Å². The lowest BCUT2D eigenvalue weighted by molar-refractivity contribution is 0.338. The van der Waals surface area contributed by atoms with E-state index in [-0.39, 0.29) is 11.7 Å². The fraction of sp³-hybridized carbons (Fsp3) is 0.0952. The van der Waals surface area contributed by atoms with Crippen molar-refractivity contribution in [3.63, 3.8) is 0 Å². The number of phenols is 1. The summed E-state index contributed by atoms with van der Waals surface area (Å²) in [7, 11) is 0. The van der Waals surface area contributed by atoms with Crippen LogP contribution in [0.4, 0.5) is 5.95 Å². The number of hydrogen-bond acceptors (Lipinski definition) is 7. The zero-order valence-corrected chi connectivity index (χ0v) is 16.0. The molecule has 3 N–H and O–H groups in total. The van der Waals surface area contributed by atoms with Gasteiger partial charge in [-0.3, -0.25) is 0 Å². The fourth-order valence-corrected chi connectivity index (χ4v) is 3.69. The number of rotatable bonds is 5. The van der Waals surface area contributed by atoms with Gasteiger partial charge in [-0.1, -0.05) is 30.3 Å². The lowest BCUT2D eigenvalue weighted by atomic mass is 10.0. The highest BCUT2D eigenvalue weighted by molar-refractivity contribution is 7.13. The van der Waals surface area contributed by atoms with Crippen LogP contribution in [0.1, 0.15) is 6.92 Å². The SMILES string of the molecule is CCOc1ccc(-c2nc(N)ncc2-c2csc(-c3ccccc3)n2)c(O)c1. The monoisotopic (exact) mass is 390 g/mol. The highest BCUT2D eigenvalue weighted by atomic mass is 32.1. The molecule has 0 fully saturated rings. The molecule has 0 aliphatic carbocycles. The van der Waals surface area contributed by atoms with Crippen LogP contribution in [0.5, 0.6) is 11.5 Å². The van der Waals surface area contributed by atoms with Gasteiger partial charge in [-0.25, -0.2) is 15.0 Å². The molecule has 0 saturated heterocycles. The Kier molecular flexibility index (Phi) is 4.90. The Bertz CT molecular complexity index is 1110. The molecule has 6 nitrogen and oxygen atoms in total. The first-order chi connectivity index (χ1) is 13.7. The quantitative estimate of drug-likeness (QED) is 0.516. The Hall–Kier alpha value is -3.45. The van der Waals surface area contributed by atoms with Crippen LogP contribution in [0.3, 0.4) is 0 Å². The molecule has 0 amide bonds. The van der Waals surface area contributed by atoms with Crippen molar-refractivity contribution in [2.75, 3.05) is 12.3 Å². The second kappa shape index (κ2) is 7.66. The number of hydrogen-bond donors (Lipinski definition) is 2. The normalized spacial score (nSPS) is 10.8. The summed E-state index contributed by atoms with van der Waals surface area (Å²) in [5.41, 5.74) is 9.36. The van der Waals surface area contributed by atoms with E-state index in [1.165, 1.54) is 11.3 Å². The molecule has 4 aromatic rings. The molecule has 4 rings (SSSR count). The molecule has 2 aromatic carbocycles. The average molecular weight is 390 g/mol. The third-order valence-electron chi connectivity index (χ3n) is 4.14. The van der Waals surface area contributed by atoms with Crippen LogP contribution in [0.2, 0.25) is 0 Å². The lowest BCUT2D eigenvalue weighted by Gasteiger charge is -2.11. The molecular weight excluding hydrogens is 372 g/mol. The molecule has 0 saturated carbocycles. The van der Waals surface area contributed by atoms with Gasteiger partial charge in [-0.2, -0.15) is 0 Å². The number of nitrogens with zero attached hydrogens (tertiary/aromatic N) is 3. The topological polar surface area (TPSA) is 94.2 Å². The second-order valence-corrected chi connectivity index (χ2v) is 6.86. The molecule has 0 atom stereocenters. The molecule has 0 unspecified atom stereocenters. The number of benzene rings is 2. The molecule has 7 heteroatoms. The predicted molar refractivity (Wildman–Crippen MR) is 111 cm³/mol. The number of ether oxygens (including phenoxy) is 1. The van der Waals surface area contributed by atoms with E-state index in [1.54, 1.807) is 24.4 Å². The van der Waals surface area contributed by atoms with Gasteiger partial charge in [0, 0.05) is 34.3 Å². The summed E-state index contributed by atoms with van der Waals surface area (Å²) >= 11 is 1.54. The Morgan fingerprint density at radius 3 is 2.64 bits per heavy atom. The smallest absolute Gasteiger partial charge is 0.220 e. The summed E-state index contributed by atoms with van der Waals surface area (Å²) in [5.74, 6) is 0.779. The Balaban J connectivity index is 1.79. The van der Waals surface area contributed by atoms with Crippen molar-refractivity contribution in [1.29, 1.82) is 0 Å². The molecule has 28 heavy (non-hydrogen) atoms. The predicted octanol–water partition coefficient (Wildman–Crippen LogP) is 4.62. The second-order valence-electron chi connectivity index (χ2n) is 6.01. The van der Waals surface area contributed by atoms with Gasteiger partial charge in [-0.15, -0.1) is 11.3 Å². The van der Waals surface area contributed by atoms with Crippen molar-refractivity contribution >= 4 is 17.3 Å². The van der Waals surface area contributed by atoms with Crippen molar-refractivity contribution in [2.24, 2.45) is 0 Å². The summed E-state index contributed by atoms with van der Waals surface area (Å²) in [6, 6.07) is 15.1. The first-order valence-corrected chi connectivity index (χ1v) is 9.63. The minimum atomic E-state index is 0.0591. The first-order valence-electron chi connectivity index (χ1n) is 8.75. The first kappa shape index (κ1) is 17.9. The molecular formula is C21H18N4O2S. The van der Waals surface area contributed by atoms with Crippen LogP contribution >= 0.6 is 11.3 Å². The van der Waals surface area contributed by atoms with Crippen molar-refractivity contribution in [1.82, 2.24) is 15.0 Å². The highest BCUT2D eigenvalue weighted by Crippen LogP contribution is 2.38. The summed E-state index contributed by atoms with van der Waals surface area (Å²) in [6.45, 7) is 2.41. The van der Waals surface area contributed by atoms with Gasteiger partial charge >= 0.3 is 0 Å². The Morgan fingerprint density at radius 1 is 1.07 bits per heavy atom. The van der Waals surface area contributed by atoms with E-state index < -0.39 is 0 Å². The van der Waals surface area contributed by atoms with Crippen molar-refractivity contribution in [3.8, 4) is 44.6 Å². The van der Waals surface area contributed by atoms with Crippen molar-refractivity contribution in [3.05, 3.63) is 60.1 Å². The van der Waals surface area contributed by atoms with E-state index in [9.17, 15) is 5.11 Å². The van der Waals surface area contributed by atoms with Crippen LogP contribution in [0, 0.1) is 0 Å². The molecule has 0 radical (unpaired) electrons. The summed E-state index contributed by atoms with van der Waals surface area (Å²) < 4.78 is 5.44. The average Bonchev–Trinajstić information content (AvgIpc) is 3.19. The van der Waals surface area contributed by atoms with Crippen LogP contribution < -0.4 is 10.5 Å². The number of aromatic hydroxyl groups is 1. The maximum atomic E-state index is 10.5. The third-order valence-corrected chi connectivity index (χ3v) is 5.03. The Morgan fingerprint density at radius 2 is 1.89 bits per heavy atom. The molecule has 2 aromatic heterocycles. The number of aromatic nitrogens is 3. The number of anilines is 1. The number of nitrogen functional groups attached to an aromatic ring is 1. The summed E-state index contributed by atoms with van der Waals surface area (Å²) in [5, 5.41) is 13.4. The minimum Gasteiger partial charge on any atom is -0.507 e. The van der Waals surface area contributed by atoms with Gasteiger partial charge < -0.3 is 15.6 Å². The lowest BCUT2D eigenvalue weighted by Crippen LogP contribution is -1.99. The van der Waals surface area contributed by atoms with E-state index in [4.69, 9.17) is 15.5 Å². The molecule has 140 valence electrons. The maximum Gasteiger partial charge on any atom is 0.220 e. The van der Waals surface area contributed by atoms with Crippen molar-refractivity contribution in [2.45, 2.75) is 6.92 Å². The van der Waals surface area contributed by atoms with E-state index in [1.807, 2.05) is 42.6 Å². The molecule has 0 spiro atoms. The zero-order chi connectivity index (χ0) is 19.5. The third kappa shape index (κ3) is 3.52. The van der Waals surface area contributed by atoms with E-state index >= 15 is 0 Å². The molecule has 0 bridgehead atoms. The fourth-order valence-electron chi connectivity index (χ4n) is 2.87. The molecule has 0 aliphatic heterocycles. The summed E-state index contributed by atoms with van der Waals surface area (Å²) in [6.07, 6.45) is 1.64. The van der Waals surface area contributed by atoms with Crippen LogP contribution in [0.15, 0.2) is 60.1 Å². The number of thiazole rings is 1. The van der Waals surface area contributed by atoms with Gasteiger partial charge in [0.15, 0.2) is 0 Å². The minimum absolute atomic E-state index is 0.0591. The summed E-state index contributed by atoms with van der Waals surface area (Å²) in [4.78, 5) is 13.2.